The van der Waals surface area contributed by atoms with Crippen molar-refractivity contribution >= 4 is 5.95 Å². The first-order valence-electron chi connectivity index (χ1n) is 3.03. The summed E-state index contributed by atoms with van der Waals surface area (Å²) in [5.74, 6) is 5.54. The molecule has 6 heteroatoms. The molecule has 0 atom stereocenters. The lowest BCUT2D eigenvalue weighted by atomic mass is 10.5. The minimum atomic E-state index is -0.271. The second kappa shape index (κ2) is 2.67. The largest absolute Gasteiger partial charge is 0.289 e. The number of aryl methyl sites for hydroxylation is 1. The topological polar surface area (TPSA) is 87.9 Å². The van der Waals surface area contributed by atoms with Crippen molar-refractivity contribution in [3.63, 3.8) is 0 Å². The molecule has 0 aliphatic carbocycles. The Bertz CT molecular complexity index is 304. The van der Waals surface area contributed by atoms with Crippen LogP contribution in [0.4, 0.5) is 5.95 Å². The zero-order valence-corrected chi connectivity index (χ0v) is 6.33. The van der Waals surface area contributed by atoms with Crippen LogP contribution in [0.3, 0.4) is 0 Å². The van der Waals surface area contributed by atoms with Crippen molar-refractivity contribution in [2.45, 2.75) is 6.92 Å². The second-order valence-electron chi connectivity index (χ2n) is 2.17. The van der Waals surface area contributed by atoms with Crippen LogP contribution in [0.15, 0.2) is 4.79 Å². The van der Waals surface area contributed by atoms with Crippen molar-refractivity contribution in [2.75, 3.05) is 12.1 Å². The van der Waals surface area contributed by atoms with Crippen LogP contribution >= 0.6 is 0 Å². The normalized spacial score (nSPS) is 9.73. The van der Waals surface area contributed by atoms with E-state index in [9.17, 15) is 4.79 Å². The monoisotopic (exact) mass is 155 g/mol. The SMILES string of the molecule is Cc1nnc(N(C)N)[nH]c1=O. The van der Waals surface area contributed by atoms with Crippen LogP contribution in [0.5, 0.6) is 0 Å². The van der Waals surface area contributed by atoms with Gasteiger partial charge in [0.25, 0.3) is 5.56 Å². The molecule has 1 aromatic heterocycles. The molecule has 0 fully saturated rings. The van der Waals surface area contributed by atoms with E-state index in [-0.39, 0.29) is 11.5 Å². The van der Waals surface area contributed by atoms with Crippen molar-refractivity contribution in [3.8, 4) is 0 Å². The first-order chi connectivity index (χ1) is 5.11. The molecule has 0 saturated carbocycles. The zero-order valence-electron chi connectivity index (χ0n) is 6.33. The fraction of sp³-hybridized carbons (Fsp3) is 0.400. The molecule has 60 valence electrons. The zero-order chi connectivity index (χ0) is 8.43. The van der Waals surface area contributed by atoms with Crippen molar-refractivity contribution in [1.82, 2.24) is 15.2 Å². The molecule has 1 heterocycles. The lowest BCUT2D eigenvalue weighted by Crippen LogP contribution is -2.30. The van der Waals surface area contributed by atoms with E-state index in [1.807, 2.05) is 0 Å². The van der Waals surface area contributed by atoms with Crippen molar-refractivity contribution in [2.24, 2.45) is 5.84 Å². The number of nitrogens with two attached hydrogens (primary N) is 1. The minimum absolute atomic E-state index is 0.251. The maximum atomic E-state index is 10.9. The van der Waals surface area contributed by atoms with E-state index < -0.39 is 0 Å². The van der Waals surface area contributed by atoms with Gasteiger partial charge in [0.15, 0.2) is 0 Å². The fourth-order valence-corrected chi connectivity index (χ4v) is 0.543. The van der Waals surface area contributed by atoms with Crippen LogP contribution < -0.4 is 16.4 Å². The molecule has 0 spiro atoms. The molecular weight excluding hydrogens is 146 g/mol. The number of hydrogen-bond donors (Lipinski definition) is 2. The molecule has 0 aliphatic rings. The number of rotatable bonds is 1. The average Bonchev–Trinajstić information content (AvgIpc) is 1.94. The highest BCUT2D eigenvalue weighted by molar-refractivity contribution is 5.22. The molecule has 1 aromatic rings. The number of aromatic amines is 1. The fourth-order valence-electron chi connectivity index (χ4n) is 0.543. The number of hydrazine groups is 1. The Labute approximate surface area is 63.0 Å². The third-order valence-corrected chi connectivity index (χ3v) is 1.18. The predicted molar refractivity (Wildman–Crippen MR) is 40.0 cm³/mol. The van der Waals surface area contributed by atoms with Gasteiger partial charge in [0.05, 0.1) is 0 Å². The first-order valence-corrected chi connectivity index (χ1v) is 3.03. The highest BCUT2D eigenvalue weighted by atomic mass is 16.1. The molecular formula is C5H9N5O. The average molecular weight is 155 g/mol. The molecule has 0 saturated heterocycles. The number of hydrogen-bond acceptors (Lipinski definition) is 5. The summed E-state index contributed by atoms with van der Waals surface area (Å²) in [6.45, 7) is 1.58. The van der Waals surface area contributed by atoms with Crippen LogP contribution in [0.1, 0.15) is 5.69 Å². The number of nitrogens with zero attached hydrogens (tertiary/aromatic N) is 3. The van der Waals surface area contributed by atoms with E-state index in [1.54, 1.807) is 14.0 Å². The van der Waals surface area contributed by atoms with Gasteiger partial charge in [-0.25, -0.2) is 5.84 Å². The van der Waals surface area contributed by atoms with Gasteiger partial charge in [-0.3, -0.25) is 14.8 Å². The highest BCUT2D eigenvalue weighted by Crippen LogP contribution is 1.91. The Kier molecular flexibility index (Phi) is 1.86. The van der Waals surface area contributed by atoms with Gasteiger partial charge in [-0.15, -0.1) is 10.2 Å². The lowest BCUT2D eigenvalue weighted by Gasteiger charge is -2.07. The van der Waals surface area contributed by atoms with E-state index in [1.165, 1.54) is 5.01 Å². The maximum absolute atomic E-state index is 10.9. The van der Waals surface area contributed by atoms with Gasteiger partial charge in [-0.2, -0.15) is 0 Å². The van der Waals surface area contributed by atoms with Gasteiger partial charge < -0.3 is 0 Å². The van der Waals surface area contributed by atoms with Crippen LogP contribution in [0, 0.1) is 6.92 Å². The summed E-state index contributed by atoms with van der Waals surface area (Å²) in [5.41, 5.74) is 0.0582. The minimum Gasteiger partial charge on any atom is -0.289 e. The van der Waals surface area contributed by atoms with Gasteiger partial charge >= 0.3 is 0 Å². The smallest absolute Gasteiger partial charge is 0.274 e. The molecule has 0 amide bonds. The van der Waals surface area contributed by atoms with Crippen molar-refractivity contribution in [1.29, 1.82) is 0 Å². The molecule has 3 N–H and O–H groups in total. The molecule has 0 unspecified atom stereocenters. The van der Waals surface area contributed by atoms with Crippen LogP contribution in [0.25, 0.3) is 0 Å². The van der Waals surface area contributed by atoms with E-state index in [2.05, 4.69) is 15.2 Å². The van der Waals surface area contributed by atoms with Crippen LogP contribution in [-0.2, 0) is 0 Å². The Morgan fingerprint density at radius 3 is 2.64 bits per heavy atom. The van der Waals surface area contributed by atoms with E-state index in [0.717, 1.165) is 0 Å². The predicted octanol–water partition coefficient (Wildman–Crippen LogP) is -1.22. The lowest BCUT2D eigenvalue weighted by molar-refractivity contribution is 0.833. The van der Waals surface area contributed by atoms with E-state index >= 15 is 0 Å². The quantitative estimate of drug-likeness (QED) is 0.392. The van der Waals surface area contributed by atoms with Gasteiger partial charge in [-0.05, 0) is 6.92 Å². The van der Waals surface area contributed by atoms with E-state index in [0.29, 0.717) is 5.69 Å². The third kappa shape index (κ3) is 1.53. The standard InChI is InChI=1S/C5H9N5O/c1-3-4(11)7-5(9-8-3)10(2)6/h6H2,1-2H3,(H,7,9,11). The third-order valence-electron chi connectivity index (χ3n) is 1.18. The Morgan fingerprint density at radius 2 is 2.18 bits per heavy atom. The number of anilines is 1. The van der Waals surface area contributed by atoms with E-state index in [4.69, 9.17) is 5.84 Å². The molecule has 0 bridgehead atoms. The highest BCUT2D eigenvalue weighted by Gasteiger charge is 2.00. The number of nitrogens with one attached hydrogen (secondary N) is 1. The summed E-state index contributed by atoms with van der Waals surface area (Å²) in [7, 11) is 1.56. The molecule has 0 radical (unpaired) electrons. The number of H-pyrrole nitrogens is 1. The Balaban J connectivity index is 3.16. The summed E-state index contributed by atoms with van der Waals surface area (Å²) in [5, 5.41) is 8.41. The second-order valence-corrected chi connectivity index (χ2v) is 2.17. The molecule has 6 nitrogen and oxygen atoms in total. The molecule has 11 heavy (non-hydrogen) atoms. The van der Waals surface area contributed by atoms with Gasteiger partial charge in [0.1, 0.15) is 5.69 Å². The van der Waals surface area contributed by atoms with Crippen LogP contribution in [-0.4, -0.2) is 22.2 Å². The molecule has 0 aliphatic heterocycles. The van der Waals surface area contributed by atoms with Gasteiger partial charge in [-0.1, -0.05) is 0 Å². The van der Waals surface area contributed by atoms with Gasteiger partial charge in [0.2, 0.25) is 5.95 Å². The summed E-state index contributed by atoms with van der Waals surface area (Å²) in [6, 6.07) is 0. The first kappa shape index (κ1) is 7.67. The van der Waals surface area contributed by atoms with Crippen molar-refractivity contribution in [3.05, 3.63) is 16.0 Å². The summed E-state index contributed by atoms with van der Waals surface area (Å²) in [6.07, 6.45) is 0. The number of aromatic nitrogens is 3. The Morgan fingerprint density at radius 1 is 1.55 bits per heavy atom. The summed E-state index contributed by atoms with van der Waals surface area (Å²) < 4.78 is 0. The summed E-state index contributed by atoms with van der Waals surface area (Å²) in [4.78, 5) is 13.4. The Hall–Kier alpha value is -1.43. The van der Waals surface area contributed by atoms with Gasteiger partial charge in [0, 0.05) is 7.05 Å². The van der Waals surface area contributed by atoms with Crippen LogP contribution in [0.2, 0.25) is 0 Å². The molecule has 1 rings (SSSR count). The summed E-state index contributed by atoms with van der Waals surface area (Å²) >= 11 is 0. The van der Waals surface area contributed by atoms with Crippen molar-refractivity contribution < 1.29 is 0 Å². The molecule has 0 aromatic carbocycles. The maximum Gasteiger partial charge on any atom is 0.274 e.